The van der Waals surface area contributed by atoms with Crippen molar-refractivity contribution >= 4 is 24.2 Å². The number of piperidine rings is 1. The van der Waals surface area contributed by atoms with Gasteiger partial charge in [-0.2, -0.15) is 0 Å². The highest BCUT2D eigenvalue weighted by atomic mass is 35.5. The summed E-state index contributed by atoms with van der Waals surface area (Å²) in [6.45, 7) is 4.01. The summed E-state index contributed by atoms with van der Waals surface area (Å²) in [5, 5.41) is 2.90. The molecule has 1 aliphatic heterocycles. The van der Waals surface area contributed by atoms with Crippen LogP contribution in [0.25, 0.3) is 0 Å². The summed E-state index contributed by atoms with van der Waals surface area (Å²) in [4.78, 5) is 26.4. The molecule has 3 N–H and O–H groups in total. The molecule has 6 heteroatoms. The zero-order chi connectivity index (χ0) is 14.5. The van der Waals surface area contributed by atoms with Crippen molar-refractivity contribution in [3.63, 3.8) is 0 Å². The van der Waals surface area contributed by atoms with Gasteiger partial charge in [-0.3, -0.25) is 9.59 Å². The SMILES string of the molecule is CC(NC(=O)[C@@H]1CCC[C@@H]1CN)C(=O)N1CCCCC1.Cl. The molecule has 0 spiro atoms. The predicted molar refractivity (Wildman–Crippen MR) is 85.2 cm³/mol. The first-order valence-electron chi connectivity index (χ1n) is 7.92. The standard InChI is InChI=1S/C15H27N3O2.ClH/c1-11(15(20)18-8-3-2-4-9-18)17-14(19)13-7-5-6-12(13)10-16;/h11-13H,2-10,16H2,1H3,(H,17,19);1H/t11?,12-,13-;/m1./s1. The second kappa shape index (κ2) is 8.59. The molecule has 2 fully saturated rings. The summed E-state index contributed by atoms with van der Waals surface area (Å²) in [6.07, 6.45) is 6.34. The van der Waals surface area contributed by atoms with Gasteiger partial charge in [0.1, 0.15) is 6.04 Å². The normalized spacial score (nSPS) is 26.9. The maximum absolute atomic E-state index is 12.3. The van der Waals surface area contributed by atoms with Gasteiger partial charge in [-0.25, -0.2) is 0 Å². The molecule has 5 nitrogen and oxygen atoms in total. The minimum absolute atomic E-state index is 0. The topological polar surface area (TPSA) is 75.4 Å². The van der Waals surface area contributed by atoms with E-state index in [1.807, 2.05) is 4.90 Å². The fourth-order valence-corrected chi connectivity index (χ4v) is 3.43. The van der Waals surface area contributed by atoms with Crippen molar-refractivity contribution < 1.29 is 9.59 Å². The van der Waals surface area contributed by atoms with Crippen LogP contribution in [0, 0.1) is 11.8 Å². The van der Waals surface area contributed by atoms with Crippen LogP contribution in [0.1, 0.15) is 45.4 Å². The van der Waals surface area contributed by atoms with E-state index >= 15 is 0 Å². The van der Waals surface area contributed by atoms with Crippen molar-refractivity contribution in [2.24, 2.45) is 17.6 Å². The summed E-state index contributed by atoms with van der Waals surface area (Å²) in [5.74, 6) is 0.347. The summed E-state index contributed by atoms with van der Waals surface area (Å²) in [7, 11) is 0. The first-order chi connectivity index (χ1) is 9.63. The lowest BCUT2D eigenvalue weighted by Crippen LogP contribution is -2.50. The number of likely N-dealkylation sites (tertiary alicyclic amines) is 1. The molecule has 122 valence electrons. The van der Waals surface area contributed by atoms with Crippen molar-refractivity contribution in [1.82, 2.24) is 10.2 Å². The molecule has 1 saturated carbocycles. The Hall–Kier alpha value is -0.810. The number of nitrogens with two attached hydrogens (primary N) is 1. The molecule has 1 saturated heterocycles. The third-order valence-electron chi connectivity index (χ3n) is 4.70. The van der Waals surface area contributed by atoms with E-state index in [0.29, 0.717) is 6.54 Å². The van der Waals surface area contributed by atoms with Gasteiger partial charge < -0.3 is 16.0 Å². The Morgan fingerprint density at radius 1 is 1.19 bits per heavy atom. The van der Waals surface area contributed by atoms with Crippen LogP contribution in [0.15, 0.2) is 0 Å². The Bertz CT molecular complexity index is 359. The van der Waals surface area contributed by atoms with E-state index < -0.39 is 6.04 Å². The third-order valence-corrected chi connectivity index (χ3v) is 4.70. The number of halogens is 1. The van der Waals surface area contributed by atoms with Gasteiger partial charge in [-0.05, 0) is 51.5 Å². The van der Waals surface area contributed by atoms with Crippen molar-refractivity contribution in [3.8, 4) is 0 Å². The average Bonchev–Trinajstić information content (AvgIpc) is 2.95. The number of hydrogen-bond donors (Lipinski definition) is 2. The minimum Gasteiger partial charge on any atom is -0.344 e. The molecule has 2 aliphatic rings. The van der Waals surface area contributed by atoms with Crippen LogP contribution in [-0.4, -0.2) is 42.4 Å². The van der Waals surface area contributed by atoms with E-state index in [1.165, 1.54) is 6.42 Å². The molecule has 0 aromatic rings. The Balaban J connectivity index is 0.00000220. The van der Waals surface area contributed by atoms with E-state index in [1.54, 1.807) is 6.92 Å². The van der Waals surface area contributed by atoms with Gasteiger partial charge in [0.2, 0.25) is 11.8 Å². The van der Waals surface area contributed by atoms with Crippen molar-refractivity contribution in [3.05, 3.63) is 0 Å². The monoisotopic (exact) mass is 317 g/mol. The zero-order valence-electron chi connectivity index (χ0n) is 12.8. The zero-order valence-corrected chi connectivity index (χ0v) is 13.7. The first-order valence-corrected chi connectivity index (χ1v) is 7.92. The van der Waals surface area contributed by atoms with E-state index in [2.05, 4.69) is 5.32 Å². The Morgan fingerprint density at radius 2 is 1.86 bits per heavy atom. The lowest BCUT2D eigenvalue weighted by atomic mass is 9.95. The quantitative estimate of drug-likeness (QED) is 0.820. The Labute approximate surface area is 133 Å². The van der Waals surface area contributed by atoms with Crippen LogP contribution in [0.3, 0.4) is 0 Å². The van der Waals surface area contributed by atoms with Gasteiger partial charge in [0.05, 0.1) is 0 Å². The number of nitrogens with one attached hydrogen (secondary N) is 1. The number of carbonyl (C=O) groups excluding carboxylic acids is 2. The molecule has 2 amide bonds. The molecule has 2 rings (SSSR count). The maximum Gasteiger partial charge on any atom is 0.244 e. The number of rotatable bonds is 4. The van der Waals surface area contributed by atoms with Crippen LogP contribution < -0.4 is 11.1 Å². The van der Waals surface area contributed by atoms with Gasteiger partial charge in [0.15, 0.2) is 0 Å². The molecule has 3 atom stereocenters. The Morgan fingerprint density at radius 3 is 2.48 bits per heavy atom. The maximum atomic E-state index is 12.3. The molecular formula is C15H28ClN3O2. The summed E-state index contributed by atoms with van der Waals surface area (Å²) in [6, 6.07) is -0.417. The lowest BCUT2D eigenvalue weighted by molar-refractivity contribution is -0.138. The van der Waals surface area contributed by atoms with Crippen LogP contribution in [0.2, 0.25) is 0 Å². The average molecular weight is 318 g/mol. The molecule has 0 aromatic heterocycles. The highest BCUT2D eigenvalue weighted by Crippen LogP contribution is 2.31. The molecule has 0 aromatic carbocycles. The summed E-state index contributed by atoms with van der Waals surface area (Å²) >= 11 is 0. The van der Waals surface area contributed by atoms with Crippen LogP contribution in [0.5, 0.6) is 0 Å². The van der Waals surface area contributed by atoms with Gasteiger partial charge in [-0.1, -0.05) is 6.42 Å². The third kappa shape index (κ3) is 4.58. The van der Waals surface area contributed by atoms with E-state index in [-0.39, 0.29) is 36.1 Å². The fourth-order valence-electron chi connectivity index (χ4n) is 3.43. The van der Waals surface area contributed by atoms with Gasteiger partial charge >= 0.3 is 0 Å². The van der Waals surface area contributed by atoms with Gasteiger partial charge in [0.25, 0.3) is 0 Å². The highest BCUT2D eigenvalue weighted by molar-refractivity contribution is 5.88. The van der Waals surface area contributed by atoms with Crippen molar-refractivity contribution in [2.45, 2.75) is 51.5 Å². The van der Waals surface area contributed by atoms with E-state index in [9.17, 15) is 9.59 Å². The van der Waals surface area contributed by atoms with Crippen LogP contribution in [-0.2, 0) is 9.59 Å². The molecular weight excluding hydrogens is 290 g/mol. The van der Waals surface area contributed by atoms with Crippen molar-refractivity contribution in [2.75, 3.05) is 19.6 Å². The van der Waals surface area contributed by atoms with E-state index in [0.717, 1.165) is 45.2 Å². The first kappa shape index (κ1) is 18.2. The number of hydrogen-bond acceptors (Lipinski definition) is 3. The second-order valence-corrected chi connectivity index (χ2v) is 6.15. The largest absolute Gasteiger partial charge is 0.344 e. The lowest BCUT2D eigenvalue weighted by Gasteiger charge is -2.30. The summed E-state index contributed by atoms with van der Waals surface area (Å²) < 4.78 is 0. The number of amides is 2. The Kier molecular flexibility index (Phi) is 7.46. The summed E-state index contributed by atoms with van der Waals surface area (Å²) in [5.41, 5.74) is 5.71. The molecule has 1 unspecified atom stereocenters. The van der Waals surface area contributed by atoms with Crippen LogP contribution in [0.4, 0.5) is 0 Å². The smallest absolute Gasteiger partial charge is 0.244 e. The second-order valence-electron chi connectivity index (χ2n) is 6.15. The minimum atomic E-state index is -0.417. The molecule has 1 heterocycles. The molecule has 1 aliphatic carbocycles. The number of carbonyl (C=O) groups is 2. The van der Waals surface area contributed by atoms with Gasteiger partial charge in [0, 0.05) is 19.0 Å². The molecule has 21 heavy (non-hydrogen) atoms. The molecule has 0 bridgehead atoms. The van der Waals surface area contributed by atoms with Crippen molar-refractivity contribution in [1.29, 1.82) is 0 Å². The fraction of sp³-hybridized carbons (Fsp3) is 0.867. The highest BCUT2D eigenvalue weighted by Gasteiger charge is 2.33. The number of nitrogens with zero attached hydrogens (tertiary/aromatic N) is 1. The molecule has 0 radical (unpaired) electrons. The van der Waals surface area contributed by atoms with E-state index in [4.69, 9.17) is 5.73 Å². The predicted octanol–water partition coefficient (Wildman–Crippen LogP) is 1.30. The van der Waals surface area contributed by atoms with Crippen LogP contribution >= 0.6 is 12.4 Å². The van der Waals surface area contributed by atoms with Gasteiger partial charge in [-0.15, -0.1) is 12.4 Å².